The van der Waals surface area contributed by atoms with Crippen LogP contribution in [0, 0.1) is 0 Å². The van der Waals surface area contributed by atoms with Gasteiger partial charge in [-0.2, -0.15) is 0 Å². The van der Waals surface area contributed by atoms with Crippen LogP contribution in [0.4, 0.5) is 0 Å². The number of aromatic hydroxyl groups is 2. The highest BCUT2D eigenvalue weighted by atomic mass is 16.6. The Morgan fingerprint density at radius 3 is 2.52 bits per heavy atom. The lowest BCUT2D eigenvalue weighted by molar-refractivity contribution is 0.0222. The lowest BCUT2D eigenvalue weighted by Gasteiger charge is -2.37. The number of hydrogen-bond acceptors (Lipinski definition) is 9. The van der Waals surface area contributed by atoms with Gasteiger partial charge in [0, 0.05) is 22.8 Å². The molecule has 0 saturated carbocycles. The summed E-state index contributed by atoms with van der Waals surface area (Å²) in [7, 11) is 0. The molecule has 1 unspecified atom stereocenters. The molecule has 3 aromatic rings. The summed E-state index contributed by atoms with van der Waals surface area (Å²) in [5.41, 5.74) is 10.5. The second-order valence-electron chi connectivity index (χ2n) is 7.11. The first-order valence-corrected chi connectivity index (χ1v) is 9.25. The van der Waals surface area contributed by atoms with E-state index in [1.807, 2.05) is 0 Å². The van der Waals surface area contributed by atoms with Crippen LogP contribution in [0.25, 0.3) is 0 Å². The smallest absolute Gasteiger partial charge is 0.348 e. The van der Waals surface area contributed by atoms with Gasteiger partial charge in [-0.3, -0.25) is 11.5 Å². The molecule has 5 rings (SSSR count). The number of fused-ring (bicyclic) bond motifs is 6. The molecule has 2 heterocycles. The number of hydrogen-bond donors (Lipinski definition) is 4. The van der Waals surface area contributed by atoms with Crippen LogP contribution in [0.1, 0.15) is 37.4 Å². The Morgan fingerprint density at radius 1 is 1.00 bits per heavy atom. The normalized spacial score (nSPS) is 18.1. The Bertz CT molecular complexity index is 1270. The van der Waals surface area contributed by atoms with E-state index >= 15 is 0 Å². The molecule has 2 aliphatic heterocycles. The Kier molecular flexibility index (Phi) is 3.94. The highest BCUT2D eigenvalue weighted by molar-refractivity contribution is 6.00. The van der Waals surface area contributed by atoms with Crippen LogP contribution in [-0.4, -0.2) is 28.5 Å². The molecule has 0 bridgehead atoms. The summed E-state index contributed by atoms with van der Waals surface area (Å²) in [5, 5.41) is 20.4. The molecule has 1 atom stereocenters. The predicted molar refractivity (Wildman–Crippen MR) is 106 cm³/mol. The number of phenols is 2. The maximum absolute atomic E-state index is 12.8. The van der Waals surface area contributed by atoms with Gasteiger partial charge in [0.15, 0.2) is 11.4 Å². The molecule has 0 amide bonds. The van der Waals surface area contributed by atoms with Crippen LogP contribution < -0.4 is 16.2 Å². The van der Waals surface area contributed by atoms with Crippen molar-refractivity contribution in [2.24, 2.45) is 11.5 Å². The molecule has 0 fully saturated rings. The molecule has 2 aliphatic rings. The van der Waals surface area contributed by atoms with E-state index in [0.29, 0.717) is 22.3 Å². The largest absolute Gasteiger partial charge is 0.508 e. The second kappa shape index (κ2) is 6.46. The van der Waals surface area contributed by atoms with Crippen molar-refractivity contribution in [2.75, 3.05) is 0 Å². The minimum absolute atomic E-state index is 0.103. The van der Waals surface area contributed by atoms with Gasteiger partial charge in [0.25, 0.3) is 0 Å². The van der Waals surface area contributed by atoms with Crippen LogP contribution in [0.3, 0.4) is 0 Å². The molecular formula is C22H16N2O7. The number of esters is 2. The standard InChI is InChI=1S/C22H16N2O7/c23-21(24)30-20(28)17-15(26)8-7-14-18(17)29-16-9-10(25)5-6-13(16)22(14)12-4-2-1-3-11(12)19(27)31-22/h1-9,21,25-26H,23-24H2. The van der Waals surface area contributed by atoms with Gasteiger partial charge in [0.2, 0.25) is 6.35 Å². The highest BCUT2D eigenvalue weighted by Gasteiger charge is 2.54. The summed E-state index contributed by atoms with van der Waals surface area (Å²) in [6.45, 7) is 0. The second-order valence-corrected chi connectivity index (χ2v) is 7.11. The van der Waals surface area contributed by atoms with Crippen LogP contribution in [0.2, 0.25) is 0 Å². The summed E-state index contributed by atoms with van der Waals surface area (Å²) < 4.78 is 16.7. The fourth-order valence-corrected chi connectivity index (χ4v) is 4.09. The molecule has 3 aromatic carbocycles. The Balaban J connectivity index is 1.86. The number of nitrogens with two attached hydrogens (primary N) is 2. The summed E-state index contributed by atoms with van der Waals surface area (Å²) in [4.78, 5) is 25.4. The third-order valence-corrected chi connectivity index (χ3v) is 5.29. The van der Waals surface area contributed by atoms with E-state index in [2.05, 4.69) is 0 Å². The first-order valence-electron chi connectivity index (χ1n) is 9.25. The van der Waals surface area contributed by atoms with Gasteiger partial charge in [-0.1, -0.05) is 18.2 Å². The molecule has 6 N–H and O–H groups in total. The average Bonchev–Trinajstić information content (AvgIpc) is 3.00. The molecule has 1 spiro atoms. The third kappa shape index (κ3) is 2.57. The molecule has 9 nitrogen and oxygen atoms in total. The van der Waals surface area contributed by atoms with Gasteiger partial charge in [0.05, 0.1) is 5.56 Å². The zero-order valence-electron chi connectivity index (χ0n) is 15.9. The first kappa shape index (κ1) is 18.9. The van der Waals surface area contributed by atoms with Gasteiger partial charge >= 0.3 is 11.9 Å². The highest BCUT2D eigenvalue weighted by Crippen LogP contribution is 2.58. The van der Waals surface area contributed by atoms with Gasteiger partial charge in [-0.15, -0.1) is 0 Å². The van der Waals surface area contributed by atoms with Crippen molar-refractivity contribution in [3.05, 3.63) is 82.4 Å². The van der Waals surface area contributed by atoms with Gasteiger partial charge in [-0.25, -0.2) is 9.59 Å². The van der Waals surface area contributed by atoms with E-state index < -0.39 is 29.6 Å². The number of carbonyl (C=O) groups excluding carboxylic acids is 2. The Labute approximate surface area is 175 Å². The topological polar surface area (TPSA) is 154 Å². The summed E-state index contributed by atoms with van der Waals surface area (Å²) in [6, 6.07) is 13.9. The fraction of sp³-hybridized carbons (Fsp3) is 0.0909. The molecule has 0 aliphatic carbocycles. The molecule has 0 aromatic heterocycles. The van der Waals surface area contributed by atoms with Crippen LogP contribution in [0.5, 0.6) is 23.0 Å². The average molecular weight is 420 g/mol. The van der Waals surface area contributed by atoms with Crippen LogP contribution >= 0.6 is 0 Å². The van der Waals surface area contributed by atoms with E-state index in [1.54, 1.807) is 30.3 Å². The molecule has 0 radical (unpaired) electrons. The molecule has 31 heavy (non-hydrogen) atoms. The molecular weight excluding hydrogens is 404 g/mol. The van der Waals surface area contributed by atoms with Gasteiger partial charge in [0.1, 0.15) is 22.8 Å². The molecule has 9 heteroatoms. The number of ether oxygens (including phenoxy) is 3. The number of carbonyl (C=O) groups is 2. The van der Waals surface area contributed by atoms with Crippen LogP contribution in [0.15, 0.2) is 54.6 Å². The van der Waals surface area contributed by atoms with Crippen molar-refractivity contribution < 1.29 is 34.0 Å². The lowest BCUT2D eigenvalue weighted by Crippen LogP contribution is -2.37. The summed E-state index contributed by atoms with van der Waals surface area (Å²) >= 11 is 0. The van der Waals surface area contributed by atoms with Crippen molar-refractivity contribution in [1.29, 1.82) is 0 Å². The van der Waals surface area contributed by atoms with Crippen molar-refractivity contribution >= 4 is 11.9 Å². The van der Waals surface area contributed by atoms with Crippen molar-refractivity contribution in [1.82, 2.24) is 0 Å². The third-order valence-electron chi connectivity index (χ3n) is 5.29. The SMILES string of the molecule is NC(N)OC(=O)c1c(O)ccc2c1Oc1cc(O)ccc1C21OC(=O)c2ccccc21. The number of benzene rings is 3. The fourth-order valence-electron chi connectivity index (χ4n) is 4.09. The minimum Gasteiger partial charge on any atom is -0.508 e. The summed E-state index contributed by atoms with van der Waals surface area (Å²) in [6.07, 6.45) is -1.43. The zero-order chi connectivity index (χ0) is 21.9. The maximum Gasteiger partial charge on any atom is 0.348 e. The molecule has 156 valence electrons. The first-order chi connectivity index (χ1) is 14.8. The van der Waals surface area contributed by atoms with E-state index in [0.717, 1.165) is 0 Å². The predicted octanol–water partition coefficient (Wildman–Crippen LogP) is 2.02. The van der Waals surface area contributed by atoms with Gasteiger partial charge in [-0.05, 0) is 30.3 Å². The van der Waals surface area contributed by atoms with Gasteiger partial charge < -0.3 is 24.4 Å². The van der Waals surface area contributed by atoms with Crippen molar-refractivity contribution in [2.45, 2.75) is 12.0 Å². The Morgan fingerprint density at radius 2 is 1.74 bits per heavy atom. The van der Waals surface area contributed by atoms with Crippen molar-refractivity contribution in [3.8, 4) is 23.0 Å². The summed E-state index contributed by atoms with van der Waals surface area (Å²) in [5.74, 6) is -2.12. The lowest BCUT2D eigenvalue weighted by atomic mass is 9.77. The quantitative estimate of drug-likeness (QED) is 0.360. The molecule has 0 saturated heterocycles. The maximum atomic E-state index is 12.8. The number of rotatable bonds is 2. The Hall–Kier alpha value is -4.08. The minimum atomic E-state index is -1.47. The van der Waals surface area contributed by atoms with E-state index in [-0.39, 0.29) is 22.8 Å². The monoisotopic (exact) mass is 420 g/mol. The van der Waals surface area contributed by atoms with Crippen LogP contribution in [-0.2, 0) is 15.1 Å². The van der Waals surface area contributed by atoms with E-state index in [4.69, 9.17) is 25.7 Å². The van der Waals surface area contributed by atoms with E-state index in [1.165, 1.54) is 24.3 Å². The van der Waals surface area contributed by atoms with Crippen molar-refractivity contribution in [3.63, 3.8) is 0 Å². The zero-order valence-corrected chi connectivity index (χ0v) is 15.9. The van der Waals surface area contributed by atoms with E-state index in [9.17, 15) is 19.8 Å². The number of phenolic OH excluding ortho intramolecular Hbond substituents is 2.